The van der Waals surface area contributed by atoms with E-state index in [0.29, 0.717) is 23.7 Å². The van der Waals surface area contributed by atoms with Crippen molar-refractivity contribution in [2.75, 3.05) is 14.2 Å². The molecular weight excluding hydrogens is 575 g/mol. The van der Waals surface area contributed by atoms with Crippen LogP contribution in [0.4, 0.5) is 0 Å². The lowest BCUT2D eigenvalue weighted by molar-refractivity contribution is 0.213. The third-order valence-corrected chi connectivity index (χ3v) is 7.94. The van der Waals surface area contributed by atoms with E-state index in [-0.39, 0.29) is 13.2 Å². The Bertz CT molecular complexity index is 1780. The Hall–Kier alpha value is -4.82. The van der Waals surface area contributed by atoms with Crippen LogP contribution < -0.4 is 9.47 Å². The minimum atomic E-state index is -2.27. The zero-order valence-corrected chi connectivity index (χ0v) is 25.2. The van der Waals surface area contributed by atoms with Gasteiger partial charge in [-0.25, -0.2) is 4.98 Å². The summed E-state index contributed by atoms with van der Waals surface area (Å²) in [6.45, 7) is 0.380. The summed E-state index contributed by atoms with van der Waals surface area (Å²) in [7, 11) is 0.934. The Morgan fingerprint density at radius 3 is 1.93 bits per heavy atom. The smallest absolute Gasteiger partial charge is 0.495 e. The Labute approximate surface area is 255 Å². The molecule has 0 saturated heterocycles. The normalized spacial score (nSPS) is 11.5. The van der Waals surface area contributed by atoms with Crippen LogP contribution in [-0.2, 0) is 39.7 Å². The molecule has 0 amide bonds. The highest BCUT2D eigenvalue weighted by Crippen LogP contribution is 2.28. The second-order valence-electron chi connectivity index (χ2n) is 10.2. The molecule has 220 valence electrons. The number of methoxy groups -OCH3 is 2. The number of benzene rings is 2. The summed E-state index contributed by atoms with van der Waals surface area (Å²) in [5.74, 6) is 1.22. The Kier molecular flexibility index (Phi) is 9.08. The van der Waals surface area contributed by atoms with Gasteiger partial charge < -0.3 is 9.47 Å². The second kappa shape index (κ2) is 13.7. The average Bonchev–Trinajstić information content (AvgIpc) is 3.07. The van der Waals surface area contributed by atoms with Crippen molar-refractivity contribution >= 4 is 30.3 Å². The molecule has 4 heterocycles. The van der Waals surface area contributed by atoms with Gasteiger partial charge in [-0.1, -0.05) is 48.5 Å². The van der Waals surface area contributed by atoms with Crippen molar-refractivity contribution in [3.05, 3.63) is 131 Å². The van der Waals surface area contributed by atoms with Crippen LogP contribution in [0.3, 0.4) is 0 Å². The molecule has 2 aromatic carbocycles. The Morgan fingerprint density at radius 2 is 1.27 bits per heavy atom. The molecule has 0 aliphatic heterocycles. The molecule has 6 rings (SSSR count). The summed E-state index contributed by atoms with van der Waals surface area (Å²) < 4.78 is 33.8. The van der Waals surface area contributed by atoms with Crippen LogP contribution in [0.25, 0.3) is 22.1 Å². The zero-order valence-electron chi connectivity index (χ0n) is 24.3. The number of rotatable bonds is 12. The lowest BCUT2D eigenvalue weighted by atomic mass is 10.0. The minimum absolute atomic E-state index is 0.189. The number of nitrogens with zero attached hydrogens (tertiary/aromatic N) is 4. The van der Waals surface area contributed by atoms with Crippen molar-refractivity contribution < 1.29 is 23.1 Å². The van der Waals surface area contributed by atoms with Crippen molar-refractivity contribution in [2.24, 2.45) is 0 Å². The van der Waals surface area contributed by atoms with Gasteiger partial charge >= 0.3 is 8.25 Å². The largest absolute Gasteiger partial charge is 0.698 e. The van der Waals surface area contributed by atoms with Gasteiger partial charge in [0.1, 0.15) is 19.0 Å². The first-order valence-electron chi connectivity index (χ1n) is 14.0. The minimum Gasteiger partial charge on any atom is -0.495 e. The zero-order chi connectivity index (χ0) is 30.3. The predicted octanol–water partition coefficient (Wildman–Crippen LogP) is 7.16. The molecule has 0 aliphatic carbocycles. The first kappa shape index (κ1) is 29.3. The van der Waals surface area contributed by atoms with Crippen molar-refractivity contribution in [1.82, 2.24) is 19.9 Å². The van der Waals surface area contributed by atoms with Gasteiger partial charge in [-0.2, -0.15) is 4.98 Å². The lowest BCUT2D eigenvalue weighted by Gasteiger charge is -2.07. The van der Waals surface area contributed by atoms with E-state index in [1.54, 1.807) is 32.8 Å². The van der Waals surface area contributed by atoms with E-state index in [0.717, 1.165) is 56.2 Å². The van der Waals surface area contributed by atoms with Gasteiger partial charge in [0.2, 0.25) is 5.88 Å². The standard InChI is InChI=1S/C34H30N4O5P/c1-40-29-19-31-33(37-20-29)28(14-15-35-31)18-24-5-9-26(10-6-24)22-43-44(39)42-21-25-7-3-23(4-8-25)17-27-13-16-36-34-30(27)11-12-32(38-34)41-2/h3-16,19-20H,17-18,21-22H2,1-2H3/q+1. The average molecular weight is 606 g/mol. The molecular formula is C34H30N4O5P+. The summed E-state index contributed by atoms with van der Waals surface area (Å²) >= 11 is 0. The van der Waals surface area contributed by atoms with Crippen molar-refractivity contribution in [1.29, 1.82) is 0 Å². The van der Waals surface area contributed by atoms with Crippen LogP contribution in [0, 0.1) is 0 Å². The third kappa shape index (κ3) is 7.03. The summed E-state index contributed by atoms with van der Waals surface area (Å²) in [6, 6.07) is 25.7. The summed E-state index contributed by atoms with van der Waals surface area (Å²) in [4.78, 5) is 17.7. The molecule has 44 heavy (non-hydrogen) atoms. The summed E-state index contributed by atoms with van der Waals surface area (Å²) in [6.07, 6.45) is 6.69. The van der Waals surface area contributed by atoms with E-state index in [9.17, 15) is 4.57 Å². The molecule has 4 aromatic heterocycles. The van der Waals surface area contributed by atoms with Gasteiger partial charge in [-0.3, -0.25) is 9.97 Å². The maximum Gasteiger partial charge on any atom is 0.698 e. The van der Waals surface area contributed by atoms with Crippen molar-refractivity contribution in [3.63, 3.8) is 0 Å². The molecule has 0 bridgehead atoms. The Balaban J connectivity index is 0.983. The number of pyridine rings is 4. The van der Waals surface area contributed by atoms with E-state index in [1.807, 2.05) is 78.9 Å². The molecule has 0 N–H and O–H groups in total. The highest BCUT2D eigenvalue weighted by Gasteiger charge is 2.20. The SMILES string of the molecule is COc1cnc2c(Cc3ccc(CO[P+](=O)OCc4ccc(Cc5ccnc6nc(OC)ccc56)cc4)cc3)ccnc2c1. The van der Waals surface area contributed by atoms with Crippen LogP contribution >= 0.6 is 8.25 Å². The maximum absolute atomic E-state index is 12.4. The quantitative estimate of drug-likeness (QED) is 0.134. The van der Waals surface area contributed by atoms with E-state index >= 15 is 0 Å². The highest BCUT2D eigenvalue weighted by atomic mass is 31.1. The molecule has 0 radical (unpaired) electrons. The van der Waals surface area contributed by atoms with E-state index in [1.165, 1.54) is 0 Å². The lowest BCUT2D eigenvalue weighted by Crippen LogP contribution is -1.96. The van der Waals surface area contributed by atoms with E-state index in [4.69, 9.17) is 18.5 Å². The molecule has 0 spiro atoms. The van der Waals surface area contributed by atoms with Crippen molar-refractivity contribution in [2.45, 2.75) is 26.1 Å². The fourth-order valence-corrected chi connectivity index (χ4v) is 5.48. The number of hydrogen-bond donors (Lipinski definition) is 0. The fraction of sp³-hybridized carbons (Fsp3) is 0.176. The van der Waals surface area contributed by atoms with Gasteiger partial charge in [-0.05, 0) is 64.4 Å². The van der Waals surface area contributed by atoms with Gasteiger partial charge in [-0.15, -0.1) is 9.05 Å². The molecule has 0 aliphatic rings. The molecule has 1 unspecified atom stereocenters. The third-order valence-electron chi connectivity index (χ3n) is 7.26. The molecule has 0 saturated carbocycles. The second-order valence-corrected chi connectivity index (χ2v) is 11.1. The van der Waals surface area contributed by atoms with Crippen LogP contribution in [-0.4, -0.2) is 34.2 Å². The van der Waals surface area contributed by atoms with Gasteiger partial charge in [0, 0.05) is 34.5 Å². The predicted molar refractivity (Wildman–Crippen MR) is 168 cm³/mol. The molecule has 0 fully saturated rings. The van der Waals surface area contributed by atoms with Crippen LogP contribution in [0.15, 0.2) is 97.5 Å². The number of hydrogen-bond acceptors (Lipinski definition) is 9. The van der Waals surface area contributed by atoms with Crippen LogP contribution in [0.5, 0.6) is 11.6 Å². The molecule has 1 atom stereocenters. The molecule has 9 nitrogen and oxygen atoms in total. The Morgan fingerprint density at radius 1 is 0.659 bits per heavy atom. The van der Waals surface area contributed by atoms with Crippen molar-refractivity contribution in [3.8, 4) is 11.6 Å². The molecule has 6 aromatic rings. The van der Waals surface area contributed by atoms with Gasteiger partial charge in [0.05, 0.1) is 31.4 Å². The van der Waals surface area contributed by atoms with E-state index in [2.05, 4.69) is 19.9 Å². The summed E-state index contributed by atoms with van der Waals surface area (Å²) in [5.41, 5.74) is 8.59. The number of ether oxygens (including phenoxy) is 2. The van der Waals surface area contributed by atoms with Crippen LogP contribution in [0.2, 0.25) is 0 Å². The highest BCUT2D eigenvalue weighted by molar-refractivity contribution is 7.33. The monoisotopic (exact) mass is 605 g/mol. The summed E-state index contributed by atoms with van der Waals surface area (Å²) in [5, 5.41) is 0.991. The first-order chi connectivity index (χ1) is 21.6. The topological polar surface area (TPSA) is 106 Å². The first-order valence-corrected chi connectivity index (χ1v) is 15.1. The van der Waals surface area contributed by atoms with Gasteiger partial charge in [0.15, 0.2) is 5.65 Å². The van der Waals surface area contributed by atoms with Gasteiger partial charge in [0.25, 0.3) is 0 Å². The number of aromatic nitrogens is 4. The molecule has 10 heteroatoms. The number of fused-ring (bicyclic) bond motifs is 2. The van der Waals surface area contributed by atoms with E-state index < -0.39 is 8.25 Å². The van der Waals surface area contributed by atoms with Crippen LogP contribution in [0.1, 0.15) is 33.4 Å². The fourth-order valence-electron chi connectivity index (χ4n) is 4.90. The maximum atomic E-state index is 12.4.